The van der Waals surface area contributed by atoms with Crippen LogP contribution in [0.3, 0.4) is 0 Å². The van der Waals surface area contributed by atoms with Gasteiger partial charge in [0.25, 0.3) is 5.91 Å². The lowest BCUT2D eigenvalue weighted by atomic mass is 9.91. The van der Waals surface area contributed by atoms with Gasteiger partial charge in [-0.2, -0.15) is 0 Å². The highest BCUT2D eigenvalue weighted by Crippen LogP contribution is 2.37. The average molecular weight is 450 g/mol. The van der Waals surface area contributed by atoms with E-state index in [0.717, 1.165) is 50.9 Å². The lowest BCUT2D eigenvalue weighted by molar-refractivity contribution is -0.00270. The summed E-state index contributed by atoms with van der Waals surface area (Å²) in [6, 6.07) is 3.68. The van der Waals surface area contributed by atoms with Crippen LogP contribution >= 0.6 is 11.3 Å². The maximum Gasteiger partial charge on any atom is 0.263 e. The molecule has 1 aromatic carbocycles. The number of likely N-dealkylation sites (tertiary alicyclic amines) is 1. The maximum atomic E-state index is 13.6. The Morgan fingerprint density at radius 1 is 1.26 bits per heavy atom. The first-order valence-electron chi connectivity index (χ1n) is 10.9. The van der Waals surface area contributed by atoms with E-state index in [2.05, 4.69) is 15.2 Å². The lowest BCUT2D eigenvalue weighted by Gasteiger charge is -2.45. The number of halogens is 2. The van der Waals surface area contributed by atoms with Crippen molar-refractivity contribution in [3.05, 3.63) is 40.4 Å². The summed E-state index contributed by atoms with van der Waals surface area (Å²) in [5.74, 6) is -1.97. The molecular weight excluding hydrogens is 420 g/mol. The van der Waals surface area contributed by atoms with E-state index in [9.17, 15) is 13.6 Å². The Kier molecular flexibility index (Phi) is 6.69. The van der Waals surface area contributed by atoms with Gasteiger partial charge in [0.2, 0.25) is 0 Å². The van der Waals surface area contributed by atoms with Gasteiger partial charge in [-0.25, -0.2) is 13.8 Å². The number of hydrogen-bond acceptors (Lipinski definition) is 5. The van der Waals surface area contributed by atoms with Crippen LogP contribution in [0.5, 0.6) is 0 Å². The number of rotatable bonds is 6. The molecule has 8 heteroatoms. The van der Waals surface area contributed by atoms with E-state index in [0.29, 0.717) is 33.8 Å². The van der Waals surface area contributed by atoms with Gasteiger partial charge in [-0.15, -0.1) is 11.3 Å². The van der Waals surface area contributed by atoms with Gasteiger partial charge >= 0.3 is 0 Å². The first-order chi connectivity index (χ1) is 14.9. The van der Waals surface area contributed by atoms with E-state index >= 15 is 0 Å². The van der Waals surface area contributed by atoms with Crippen LogP contribution in [0.1, 0.15) is 53.9 Å². The number of hydrogen-bond donors (Lipinski definition) is 1. The number of carbonyl (C=O) groups excluding carboxylic acids is 1. The van der Waals surface area contributed by atoms with Gasteiger partial charge < -0.3 is 10.1 Å². The second-order valence-electron chi connectivity index (χ2n) is 8.60. The third kappa shape index (κ3) is 4.66. The number of aryl methyl sites for hydroxylation is 1. The van der Waals surface area contributed by atoms with Crippen LogP contribution in [0.2, 0.25) is 0 Å². The smallest absolute Gasteiger partial charge is 0.263 e. The molecule has 0 radical (unpaired) electrons. The molecule has 31 heavy (non-hydrogen) atoms. The second kappa shape index (κ2) is 9.30. The minimum absolute atomic E-state index is 0.00980. The Labute approximate surface area is 185 Å². The van der Waals surface area contributed by atoms with Crippen molar-refractivity contribution in [2.24, 2.45) is 0 Å². The number of ether oxygens (including phenoxy) is 1. The van der Waals surface area contributed by atoms with Crippen molar-refractivity contribution in [3.8, 4) is 10.6 Å². The molecule has 1 saturated carbocycles. The van der Waals surface area contributed by atoms with Gasteiger partial charge in [-0.05, 0) is 50.8 Å². The minimum atomic E-state index is -0.920. The molecule has 4 rings (SSSR count). The Morgan fingerprint density at radius 2 is 1.97 bits per heavy atom. The number of methoxy groups -OCH3 is 1. The number of nitrogens with zero attached hydrogens (tertiary/aromatic N) is 2. The van der Waals surface area contributed by atoms with E-state index in [1.54, 1.807) is 14.0 Å². The van der Waals surface area contributed by atoms with Crippen molar-refractivity contribution in [1.82, 2.24) is 15.2 Å². The van der Waals surface area contributed by atoms with Crippen LogP contribution in [-0.2, 0) is 4.74 Å². The number of piperidine rings is 1. The number of amides is 1. The number of aromatic nitrogens is 1. The first-order valence-corrected chi connectivity index (χ1v) is 11.7. The molecular formula is C23H29F2N3O2S. The molecule has 2 fully saturated rings. The molecule has 5 nitrogen and oxygen atoms in total. The fraction of sp³-hybridized carbons (Fsp3) is 0.565. The SMILES string of the molecule is COC1CCN(C2(CNC(=O)c3sc(-c4ccc(F)c(F)c4)nc3C)CCCC2)CC1. The standard InChI is InChI=1S/C23H29F2N3O2S/c1-15-20(31-22(27-15)16-5-6-18(24)19(25)13-16)21(29)26-14-23(9-3-4-10-23)28-11-7-17(30-2)8-12-28/h5-6,13,17H,3-4,7-12,14H2,1-2H3,(H,26,29). The van der Waals surface area contributed by atoms with E-state index in [4.69, 9.17) is 4.74 Å². The summed E-state index contributed by atoms with van der Waals surface area (Å²) in [4.78, 5) is 20.5. The van der Waals surface area contributed by atoms with E-state index in [1.807, 2.05) is 0 Å². The molecule has 0 unspecified atom stereocenters. The normalized spacial score (nSPS) is 19.6. The maximum absolute atomic E-state index is 13.6. The number of benzene rings is 1. The Hall–Kier alpha value is -1.90. The quantitative estimate of drug-likeness (QED) is 0.703. The minimum Gasteiger partial charge on any atom is -0.381 e. The monoisotopic (exact) mass is 449 g/mol. The summed E-state index contributed by atoms with van der Waals surface area (Å²) in [7, 11) is 1.78. The van der Waals surface area contributed by atoms with Crippen molar-refractivity contribution < 1.29 is 18.3 Å². The number of carbonyl (C=O) groups is 1. The Balaban J connectivity index is 1.45. The molecule has 0 atom stereocenters. The summed E-state index contributed by atoms with van der Waals surface area (Å²) in [5.41, 5.74) is 1.08. The zero-order valence-electron chi connectivity index (χ0n) is 18.0. The largest absolute Gasteiger partial charge is 0.381 e. The first kappa shape index (κ1) is 22.3. The van der Waals surface area contributed by atoms with Gasteiger partial charge in [-0.3, -0.25) is 9.69 Å². The summed E-state index contributed by atoms with van der Waals surface area (Å²) >= 11 is 1.21. The summed E-state index contributed by atoms with van der Waals surface area (Å²) in [5, 5.41) is 3.67. The molecule has 2 aliphatic rings. The molecule has 0 spiro atoms. The molecule has 1 aliphatic heterocycles. The van der Waals surface area contributed by atoms with Crippen molar-refractivity contribution in [2.45, 2.75) is 57.1 Å². The molecule has 1 aromatic heterocycles. The summed E-state index contributed by atoms with van der Waals surface area (Å²) in [6.07, 6.45) is 6.92. The van der Waals surface area contributed by atoms with Gasteiger partial charge in [-0.1, -0.05) is 12.8 Å². The molecule has 168 valence electrons. The van der Waals surface area contributed by atoms with Gasteiger partial charge in [0.15, 0.2) is 11.6 Å². The highest BCUT2D eigenvalue weighted by Gasteiger charge is 2.41. The summed E-state index contributed by atoms with van der Waals surface area (Å²) < 4.78 is 32.4. The third-order valence-corrected chi connectivity index (χ3v) is 7.93. The van der Waals surface area contributed by atoms with E-state index in [1.165, 1.54) is 30.2 Å². The van der Waals surface area contributed by atoms with Crippen molar-refractivity contribution in [1.29, 1.82) is 0 Å². The predicted molar refractivity (Wildman–Crippen MR) is 117 cm³/mol. The van der Waals surface area contributed by atoms with Crippen LogP contribution in [0.4, 0.5) is 8.78 Å². The predicted octanol–water partition coefficient (Wildman–Crippen LogP) is 4.55. The van der Waals surface area contributed by atoms with Crippen LogP contribution < -0.4 is 5.32 Å². The van der Waals surface area contributed by atoms with E-state index < -0.39 is 11.6 Å². The van der Waals surface area contributed by atoms with Gasteiger partial charge in [0.05, 0.1) is 11.8 Å². The molecule has 1 saturated heterocycles. The Morgan fingerprint density at radius 3 is 2.61 bits per heavy atom. The Bertz CT molecular complexity index is 935. The second-order valence-corrected chi connectivity index (χ2v) is 9.60. The lowest BCUT2D eigenvalue weighted by Crippen LogP contribution is -2.57. The number of thiazole rings is 1. The van der Waals surface area contributed by atoms with Crippen LogP contribution in [0.15, 0.2) is 18.2 Å². The number of nitrogens with one attached hydrogen (secondary N) is 1. The van der Waals surface area contributed by atoms with Crippen LogP contribution in [0, 0.1) is 18.6 Å². The molecule has 2 aromatic rings. The molecule has 0 bridgehead atoms. The molecule has 1 N–H and O–H groups in total. The van der Waals surface area contributed by atoms with Gasteiger partial charge in [0.1, 0.15) is 9.88 Å². The summed E-state index contributed by atoms with van der Waals surface area (Å²) in [6.45, 7) is 4.37. The zero-order chi connectivity index (χ0) is 22.0. The highest BCUT2D eigenvalue weighted by atomic mass is 32.1. The fourth-order valence-corrected chi connectivity index (χ4v) is 5.87. The van der Waals surface area contributed by atoms with Crippen LogP contribution in [-0.4, -0.2) is 54.2 Å². The van der Waals surface area contributed by atoms with Gasteiger partial charge in [0, 0.05) is 37.8 Å². The molecule has 1 amide bonds. The average Bonchev–Trinajstić information content (AvgIpc) is 3.42. The van der Waals surface area contributed by atoms with E-state index in [-0.39, 0.29) is 11.4 Å². The van der Waals surface area contributed by atoms with Crippen molar-refractivity contribution >= 4 is 17.2 Å². The molecule has 1 aliphatic carbocycles. The van der Waals surface area contributed by atoms with Crippen LogP contribution in [0.25, 0.3) is 10.6 Å². The zero-order valence-corrected chi connectivity index (χ0v) is 18.9. The van der Waals surface area contributed by atoms with Crippen molar-refractivity contribution in [2.75, 3.05) is 26.7 Å². The third-order valence-electron chi connectivity index (χ3n) is 6.73. The van der Waals surface area contributed by atoms with Crippen molar-refractivity contribution in [3.63, 3.8) is 0 Å². The molecule has 2 heterocycles. The fourth-order valence-electron chi connectivity index (χ4n) is 4.89. The highest BCUT2D eigenvalue weighted by molar-refractivity contribution is 7.17. The topological polar surface area (TPSA) is 54.5 Å².